The number of carbonyl (C=O) groups is 2. The zero-order valence-corrected chi connectivity index (χ0v) is 17.7. The Kier molecular flexibility index (Phi) is 7.83. The molecule has 2 aromatic rings. The first-order valence-corrected chi connectivity index (χ1v) is 9.30. The van der Waals surface area contributed by atoms with E-state index in [1.807, 2.05) is 0 Å². The maximum Gasteiger partial charge on any atom is 0.331 e. The molecule has 28 heavy (non-hydrogen) atoms. The molecule has 0 heterocycles. The second-order valence-electron chi connectivity index (χ2n) is 5.53. The molecule has 0 aliphatic heterocycles. The highest BCUT2D eigenvalue weighted by Crippen LogP contribution is 2.23. The predicted molar refractivity (Wildman–Crippen MR) is 114 cm³/mol. The van der Waals surface area contributed by atoms with Gasteiger partial charge in [0, 0.05) is 0 Å². The summed E-state index contributed by atoms with van der Waals surface area (Å²) in [4.78, 5) is 23.7. The van der Waals surface area contributed by atoms with Crippen molar-refractivity contribution in [3.8, 4) is 0 Å². The molecule has 2 amide bonds. The van der Waals surface area contributed by atoms with Crippen molar-refractivity contribution < 1.29 is 9.59 Å². The number of rotatable bonds is 4. The Bertz CT molecular complexity index is 910. The van der Waals surface area contributed by atoms with Crippen LogP contribution >= 0.6 is 46.4 Å². The maximum atomic E-state index is 11.9. The zero-order chi connectivity index (χ0) is 20.8. The maximum absolute atomic E-state index is 11.9. The highest BCUT2D eigenvalue weighted by molar-refractivity contribution is 6.42. The fraction of sp³-hybridized carbons (Fsp3) is 0.111. The molecule has 10 heteroatoms. The SMILES string of the molecule is CC(=NNC(=O)C(=O)NN=C(C)c1ccc(Cl)c(Cl)c1)c1ccc(Cl)c(Cl)c1. The summed E-state index contributed by atoms with van der Waals surface area (Å²) in [5.74, 6) is -1.96. The second kappa shape index (κ2) is 9.89. The lowest BCUT2D eigenvalue weighted by Crippen LogP contribution is -2.36. The van der Waals surface area contributed by atoms with Crippen LogP contribution in [0.1, 0.15) is 25.0 Å². The van der Waals surface area contributed by atoms with Gasteiger partial charge in [0.05, 0.1) is 31.5 Å². The van der Waals surface area contributed by atoms with Gasteiger partial charge >= 0.3 is 11.8 Å². The summed E-state index contributed by atoms with van der Waals surface area (Å²) in [6.07, 6.45) is 0. The van der Waals surface area contributed by atoms with E-state index in [1.54, 1.807) is 50.2 Å². The van der Waals surface area contributed by atoms with Crippen LogP contribution in [0.4, 0.5) is 0 Å². The van der Waals surface area contributed by atoms with E-state index >= 15 is 0 Å². The largest absolute Gasteiger partial charge is 0.331 e. The standard InChI is InChI=1S/C18H14Cl4N4O2/c1-9(11-3-5-13(19)15(21)7-11)23-25-17(27)18(28)26-24-10(2)12-4-6-14(20)16(22)8-12/h3-8H,1-2H3,(H,25,27)(H,26,28). The Balaban J connectivity index is 1.99. The quantitative estimate of drug-likeness (QED) is 0.395. The van der Waals surface area contributed by atoms with Crippen LogP contribution in [0.3, 0.4) is 0 Å². The van der Waals surface area contributed by atoms with E-state index in [9.17, 15) is 9.59 Å². The fourth-order valence-electron chi connectivity index (χ4n) is 1.94. The molecule has 146 valence electrons. The second-order valence-corrected chi connectivity index (χ2v) is 7.16. The number of nitrogens with one attached hydrogen (secondary N) is 2. The monoisotopic (exact) mass is 458 g/mol. The summed E-state index contributed by atoms with van der Waals surface area (Å²) in [7, 11) is 0. The van der Waals surface area contributed by atoms with Crippen molar-refractivity contribution in [2.24, 2.45) is 10.2 Å². The first kappa shape index (κ1) is 22.2. The third kappa shape index (κ3) is 5.94. The van der Waals surface area contributed by atoms with E-state index in [0.717, 1.165) is 0 Å². The summed E-state index contributed by atoms with van der Waals surface area (Å²) < 4.78 is 0. The lowest BCUT2D eigenvalue weighted by molar-refractivity contribution is -0.139. The molecule has 0 unspecified atom stereocenters. The van der Waals surface area contributed by atoms with Gasteiger partial charge in [0.1, 0.15) is 0 Å². The molecule has 0 saturated carbocycles. The lowest BCUT2D eigenvalue weighted by atomic mass is 10.1. The number of hydrazone groups is 2. The number of nitrogens with zero attached hydrogens (tertiary/aromatic N) is 2. The van der Waals surface area contributed by atoms with Crippen LogP contribution in [-0.4, -0.2) is 23.2 Å². The molecule has 0 spiro atoms. The Hall–Kier alpha value is -2.12. The van der Waals surface area contributed by atoms with Gasteiger partial charge in [0.15, 0.2) is 0 Å². The van der Waals surface area contributed by atoms with E-state index in [2.05, 4.69) is 21.1 Å². The summed E-state index contributed by atoms with van der Waals surface area (Å²) in [5.41, 5.74) is 6.46. The van der Waals surface area contributed by atoms with Gasteiger partial charge in [-0.25, -0.2) is 10.9 Å². The van der Waals surface area contributed by atoms with Gasteiger partial charge in [-0.05, 0) is 49.2 Å². The van der Waals surface area contributed by atoms with E-state index < -0.39 is 11.8 Å². The molecule has 0 saturated heterocycles. The fourth-order valence-corrected chi connectivity index (χ4v) is 2.54. The number of hydrogen-bond acceptors (Lipinski definition) is 4. The van der Waals surface area contributed by atoms with Gasteiger partial charge in [-0.3, -0.25) is 9.59 Å². The van der Waals surface area contributed by atoms with Crippen molar-refractivity contribution in [2.45, 2.75) is 13.8 Å². The van der Waals surface area contributed by atoms with E-state index in [-0.39, 0.29) is 0 Å². The van der Waals surface area contributed by atoms with Crippen molar-refractivity contribution in [3.05, 3.63) is 67.6 Å². The van der Waals surface area contributed by atoms with Gasteiger partial charge in [-0.15, -0.1) is 0 Å². The number of carbonyl (C=O) groups excluding carboxylic acids is 2. The lowest BCUT2D eigenvalue weighted by Gasteiger charge is -2.05. The molecule has 0 fully saturated rings. The van der Waals surface area contributed by atoms with Crippen LogP contribution in [0.15, 0.2) is 46.6 Å². The third-order valence-corrected chi connectivity index (χ3v) is 5.01. The molecule has 2 aromatic carbocycles. The Labute approximate surface area is 181 Å². The highest BCUT2D eigenvalue weighted by atomic mass is 35.5. The molecule has 0 aromatic heterocycles. The minimum Gasteiger partial charge on any atom is -0.262 e. The van der Waals surface area contributed by atoms with Crippen molar-refractivity contribution in [2.75, 3.05) is 0 Å². The van der Waals surface area contributed by atoms with Crippen LogP contribution in [-0.2, 0) is 9.59 Å². The van der Waals surface area contributed by atoms with Gasteiger partial charge in [0.2, 0.25) is 0 Å². The topological polar surface area (TPSA) is 82.9 Å². The molecule has 0 aliphatic rings. The number of hydrogen-bond donors (Lipinski definition) is 2. The Morgan fingerprint density at radius 3 is 1.36 bits per heavy atom. The molecule has 0 bridgehead atoms. The van der Waals surface area contributed by atoms with Crippen molar-refractivity contribution in [3.63, 3.8) is 0 Å². The number of amides is 2. The average Bonchev–Trinajstić information content (AvgIpc) is 2.67. The Morgan fingerprint density at radius 1 is 0.679 bits per heavy atom. The molecule has 0 atom stereocenters. The zero-order valence-electron chi connectivity index (χ0n) is 14.7. The molecule has 2 N–H and O–H groups in total. The third-order valence-electron chi connectivity index (χ3n) is 3.53. The van der Waals surface area contributed by atoms with Crippen LogP contribution < -0.4 is 10.9 Å². The molecule has 0 radical (unpaired) electrons. The molecule has 2 rings (SSSR count). The van der Waals surface area contributed by atoms with Gasteiger partial charge in [-0.2, -0.15) is 10.2 Å². The number of halogens is 4. The van der Waals surface area contributed by atoms with E-state index in [4.69, 9.17) is 46.4 Å². The first-order chi connectivity index (χ1) is 13.2. The highest BCUT2D eigenvalue weighted by Gasteiger charge is 2.13. The van der Waals surface area contributed by atoms with Gasteiger partial charge < -0.3 is 0 Å². The molecule has 6 nitrogen and oxygen atoms in total. The minimum absolute atomic E-state index is 0.352. The van der Waals surface area contributed by atoms with Crippen molar-refractivity contribution in [1.29, 1.82) is 0 Å². The van der Waals surface area contributed by atoms with Crippen molar-refractivity contribution in [1.82, 2.24) is 10.9 Å². The molecular weight excluding hydrogens is 446 g/mol. The van der Waals surface area contributed by atoms with Crippen molar-refractivity contribution >= 4 is 69.6 Å². The minimum atomic E-state index is -0.981. The first-order valence-electron chi connectivity index (χ1n) is 7.78. The summed E-state index contributed by atoms with van der Waals surface area (Å²) in [6.45, 7) is 3.29. The normalized spacial score (nSPS) is 11.9. The Morgan fingerprint density at radius 2 is 1.04 bits per heavy atom. The smallest absolute Gasteiger partial charge is 0.262 e. The molecule has 0 aliphatic carbocycles. The van der Waals surface area contributed by atoms with Gasteiger partial charge in [0.25, 0.3) is 0 Å². The van der Waals surface area contributed by atoms with E-state index in [1.165, 1.54) is 0 Å². The van der Waals surface area contributed by atoms with Crippen LogP contribution in [0.25, 0.3) is 0 Å². The number of benzene rings is 2. The van der Waals surface area contributed by atoms with Crippen LogP contribution in [0.2, 0.25) is 20.1 Å². The summed E-state index contributed by atoms with van der Waals surface area (Å²) in [6, 6.07) is 9.77. The average molecular weight is 460 g/mol. The summed E-state index contributed by atoms with van der Waals surface area (Å²) in [5, 5.41) is 9.24. The van der Waals surface area contributed by atoms with Crippen LogP contribution in [0, 0.1) is 0 Å². The predicted octanol–water partition coefficient (Wildman–Crippen LogP) is 4.68. The van der Waals surface area contributed by atoms with E-state index in [0.29, 0.717) is 42.6 Å². The van der Waals surface area contributed by atoms with Gasteiger partial charge in [-0.1, -0.05) is 58.5 Å². The molecular formula is C18H14Cl4N4O2. The summed E-state index contributed by atoms with van der Waals surface area (Å²) >= 11 is 23.6. The van der Waals surface area contributed by atoms with Crippen LogP contribution in [0.5, 0.6) is 0 Å².